The van der Waals surface area contributed by atoms with Crippen LogP contribution in [-0.2, 0) is 0 Å². The van der Waals surface area contributed by atoms with Crippen molar-refractivity contribution >= 4 is 17.7 Å². The van der Waals surface area contributed by atoms with E-state index in [1.165, 1.54) is 25.0 Å². The summed E-state index contributed by atoms with van der Waals surface area (Å²) < 4.78 is 0.372. The monoisotopic (exact) mass is 314 g/mol. The Hall–Kier alpha value is -0.420. The highest BCUT2D eigenvalue weighted by molar-refractivity contribution is 8.00. The molecule has 1 aliphatic rings. The van der Waals surface area contributed by atoms with E-state index in [9.17, 15) is 0 Å². The minimum Gasteiger partial charge on any atom is -0.355 e. The van der Waals surface area contributed by atoms with Crippen LogP contribution in [0.1, 0.15) is 40.0 Å². The van der Waals surface area contributed by atoms with Crippen LogP contribution in [0.25, 0.3) is 0 Å². The number of nitrogens with one attached hydrogen (secondary N) is 2. The molecule has 0 spiro atoms. The van der Waals surface area contributed by atoms with Gasteiger partial charge in [-0.3, -0.25) is 4.99 Å². The summed E-state index contributed by atoms with van der Waals surface area (Å²) in [5, 5.41) is 6.98. The zero-order valence-electron chi connectivity index (χ0n) is 14.7. The number of likely N-dealkylation sites (N-methyl/N-ethyl adjacent to an activating group) is 1. The van der Waals surface area contributed by atoms with Crippen LogP contribution in [-0.4, -0.2) is 61.6 Å². The maximum Gasteiger partial charge on any atom is 0.191 e. The fourth-order valence-electron chi connectivity index (χ4n) is 2.70. The van der Waals surface area contributed by atoms with Gasteiger partial charge in [0.25, 0.3) is 0 Å². The van der Waals surface area contributed by atoms with Gasteiger partial charge < -0.3 is 15.5 Å². The highest BCUT2D eigenvalue weighted by Crippen LogP contribution is 2.36. The Labute approximate surface area is 135 Å². The SMILES string of the molecule is CN=C(NCC(CC(C)C)N(C)C)NCC1(C)CCCS1. The molecule has 1 saturated heterocycles. The number of guanidine groups is 1. The minimum atomic E-state index is 0.372. The number of hydrogen-bond donors (Lipinski definition) is 2. The van der Waals surface area contributed by atoms with Gasteiger partial charge in [-0.2, -0.15) is 11.8 Å². The Morgan fingerprint density at radius 3 is 2.52 bits per heavy atom. The number of hydrogen-bond acceptors (Lipinski definition) is 3. The molecule has 0 aromatic rings. The molecule has 21 heavy (non-hydrogen) atoms. The summed E-state index contributed by atoms with van der Waals surface area (Å²) in [4.78, 5) is 6.66. The number of aliphatic imine (C=N–C) groups is 1. The first-order valence-corrected chi connectivity index (χ1v) is 9.10. The van der Waals surface area contributed by atoms with Crippen LogP contribution in [0.3, 0.4) is 0 Å². The van der Waals surface area contributed by atoms with Gasteiger partial charge in [0, 0.05) is 30.9 Å². The summed E-state index contributed by atoms with van der Waals surface area (Å²) in [5.41, 5.74) is 0. The molecular weight excluding hydrogens is 280 g/mol. The van der Waals surface area contributed by atoms with Crippen LogP contribution < -0.4 is 10.6 Å². The van der Waals surface area contributed by atoms with Crippen molar-refractivity contribution < 1.29 is 0 Å². The van der Waals surface area contributed by atoms with Crippen LogP contribution in [0, 0.1) is 5.92 Å². The molecule has 2 unspecified atom stereocenters. The molecule has 1 heterocycles. The second-order valence-corrected chi connectivity index (χ2v) is 8.64. The lowest BCUT2D eigenvalue weighted by molar-refractivity contribution is 0.254. The lowest BCUT2D eigenvalue weighted by Crippen LogP contribution is -2.48. The van der Waals surface area contributed by atoms with Crippen molar-refractivity contribution in [3.63, 3.8) is 0 Å². The molecule has 1 rings (SSSR count). The Balaban J connectivity index is 2.39. The van der Waals surface area contributed by atoms with E-state index in [0.717, 1.165) is 19.0 Å². The predicted octanol–water partition coefficient (Wildman–Crippen LogP) is 2.41. The minimum absolute atomic E-state index is 0.372. The molecule has 0 aliphatic carbocycles. The van der Waals surface area contributed by atoms with E-state index < -0.39 is 0 Å². The first-order valence-electron chi connectivity index (χ1n) is 8.11. The summed E-state index contributed by atoms with van der Waals surface area (Å²) in [7, 11) is 6.16. The molecule has 0 amide bonds. The van der Waals surface area contributed by atoms with Gasteiger partial charge in [-0.25, -0.2) is 0 Å². The van der Waals surface area contributed by atoms with E-state index in [0.29, 0.717) is 16.7 Å². The standard InChI is InChI=1S/C16H34N4S/c1-13(2)10-14(20(5)6)11-18-15(17-4)19-12-16(3)8-7-9-21-16/h13-14H,7-12H2,1-6H3,(H2,17,18,19). The van der Waals surface area contributed by atoms with E-state index in [1.807, 2.05) is 7.05 Å². The Kier molecular flexibility index (Phi) is 7.88. The average Bonchev–Trinajstić information content (AvgIpc) is 2.84. The zero-order valence-corrected chi connectivity index (χ0v) is 15.5. The molecule has 1 fully saturated rings. The topological polar surface area (TPSA) is 39.7 Å². The van der Waals surface area contributed by atoms with Crippen molar-refractivity contribution in [2.24, 2.45) is 10.9 Å². The van der Waals surface area contributed by atoms with Crippen molar-refractivity contribution in [2.45, 2.75) is 50.8 Å². The highest BCUT2D eigenvalue weighted by Gasteiger charge is 2.29. The van der Waals surface area contributed by atoms with E-state index in [2.05, 4.69) is 67.2 Å². The molecule has 5 heteroatoms. The van der Waals surface area contributed by atoms with Gasteiger partial charge in [-0.15, -0.1) is 0 Å². The second-order valence-electron chi connectivity index (χ2n) is 6.96. The van der Waals surface area contributed by atoms with Crippen molar-refractivity contribution in [3.8, 4) is 0 Å². The van der Waals surface area contributed by atoms with Gasteiger partial charge in [-0.05, 0) is 52.0 Å². The molecule has 4 nitrogen and oxygen atoms in total. The normalized spacial score (nSPS) is 24.7. The van der Waals surface area contributed by atoms with Crippen LogP contribution in [0.15, 0.2) is 4.99 Å². The third kappa shape index (κ3) is 6.92. The Morgan fingerprint density at radius 2 is 2.05 bits per heavy atom. The molecule has 2 atom stereocenters. The van der Waals surface area contributed by atoms with E-state index in [4.69, 9.17) is 0 Å². The zero-order chi connectivity index (χ0) is 15.9. The van der Waals surface area contributed by atoms with Gasteiger partial charge in [0.05, 0.1) is 0 Å². The van der Waals surface area contributed by atoms with Crippen LogP contribution in [0.4, 0.5) is 0 Å². The quantitative estimate of drug-likeness (QED) is 0.559. The van der Waals surface area contributed by atoms with Crippen molar-refractivity contribution in [1.82, 2.24) is 15.5 Å². The molecule has 1 aliphatic heterocycles. The molecule has 2 N–H and O–H groups in total. The molecule has 0 radical (unpaired) electrons. The van der Waals surface area contributed by atoms with Gasteiger partial charge in [0.15, 0.2) is 5.96 Å². The predicted molar refractivity (Wildman–Crippen MR) is 96.4 cm³/mol. The maximum absolute atomic E-state index is 4.36. The van der Waals surface area contributed by atoms with Crippen molar-refractivity contribution in [2.75, 3.05) is 40.0 Å². The molecular formula is C16H34N4S. The maximum atomic E-state index is 4.36. The summed E-state index contributed by atoms with van der Waals surface area (Å²) in [5.74, 6) is 2.93. The Bertz CT molecular complexity index is 322. The third-order valence-electron chi connectivity index (χ3n) is 4.13. The molecule has 0 saturated carbocycles. The van der Waals surface area contributed by atoms with Crippen molar-refractivity contribution in [1.29, 1.82) is 0 Å². The first kappa shape index (κ1) is 18.6. The lowest BCUT2D eigenvalue weighted by Gasteiger charge is -2.28. The van der Waals surface area contributed by atoms with Gasteiger partial charge in [-0.1, -0.05) is 13.8 Å². The molecule has 0 aromatic carbocycles. The summed E-state index contributed by atoms with van der Waals surface area (Å²) in [6.07, 6.45) is 3.84. The summed E-state index contributed by atoms with van der Waals surface area (Å²) in [6.45, 7) is 8.85. The fourth-order valence-corrected chi connectivity index (χ4v) is 3.95. The van der Waals surface area contributed by atoms with E-state index >= 15 is 0 Å². The van der Waals surface area contributed by atoms with Gasteiger partial charge >= 0.3 is 0 Å². The average molecular weight is 315 g/mol. The molecule has 0 aromatic heterocycles. The van der Waals surface area contributed by atoms with Crippen LogP contribution in [0.2, 0.25) is 0 Å². The molecule has 0 bridgehead atoms. The number of thioether (sulfide) groups is 1. The third-order valence-corrected chi connectivity index (χ3v) is 5.67. The number of nitrogens with zero attached hydrogens (tertiary/aromatic N) is 2. The van der Waals surface area contributed by atoms with E-state index in [1.54, 1.807) is 0 Å². The van der Waals surface area contributed by atoms with Gasteiger partial charge in [0.2, 0.25) is 0 Å². The molecule has 124 valence electrons. The van der Waals surface area contributed by atoms with Crippen LogP contribution >= 0.6 is 11.8 Å². The number of rotatable bonds is 7. The summed E-state index contributed by atoms with van der Waals surface area (Å²) in [6, 6.07) is 0.542. The van der Waals surface area contributed by atoms with Gasteiger partial charge in [0.1, 0.15) is 0 Å². The first-order chi connectivity index (χ1) is 9.86. The van der Waals surface area contributed by atoms with Crippen molar-refractivity contribution in [3.05, 3.63) is 0 Å². The Morgan fingerprint density at radius 1 is 1.33 bits per heavy atom. The van der Waals surface area contributed by atoms with E-state index in [-0.39, 0.29) is 0 Å². The highest BCUT2D eigenvalue weighted by atomic mass is 32.2. The fraction of sp³-hybridized carbons (Fsp3) is 0.938. The lowest BCUT2D eigenvalue weighted by atomic mass is 10.0. The largest absolute Gasteiger partial charge is 0.355 e. The summed E-state index contributed by atoms with van der Waals surface area (Å²) >= 11 is 2.08. The second kappa shape index (κ2) is 8.89. The van der Waals surface area contributed by atoms with Crippen LogP contribution in [0.5, 0.6) is 0 Å². The smallest absolute Gasteiger partial charge is 0.191 e.